The number of piperazine rings is 1. The van der Waals surface area contributed by atoms with Gasteiger partial charge in [-0.3, -0.25) is 9.89 Å². The van der Waals surface area contributed by atoms with E-state index < -0.39 is 10.0 Å². The average molecular weight is 337 g/mol. The molecule has 1 aliphatic rings. The maximum absolute atomic E-state index is 12.8. The van der Waals surface area contributed by atoms with Crippen molar-refractivity contribution in [3.8, 4) is 0 Å². The first-order chi connectivity index (χ1) is 10.9. The molecule has 23 heavy (non-hydrogen) atoms. The molecule has 3 heterocycles. The molecular weight excluding hydrogens is 318 g/mol. The first kappa shape index (κ1) is 15.8. The van der Waals surface area contributed by atoms with E-state index in [1.807, 2.05) is 0 Å². The number of nitrogens with one attached hydrogen (secondary N) is 2. The number of aromatic nitrogens is 3. The van der Waals surface area contributed by atoms with E-state index in [0.29, 0.717) is 30.2 Å². The minimum atomic E-state index is -3.59. The highest BCUT2D eigenvalue weighted by Gasteiger charge is 2.33. The van der Waals surface area contributed by atoms with Gasteiger partial charge in [0, 0.05) is 32.4 Å². The predicted molar refractivity (Wildman–Crippen MR) is 83.5 cm³/mol. The molecule has 1 amide bonds. The fourth-order valence-electron chi connectivity index (χ4n) is 2.82. The molecule has 0 bridgehead atoms. The summed E-state index contributed by atoms with van der Waals surface area (Å²) in [6.45, 7) is 4.65. The van der Waals surface area contributed by atoms with Crippen LogP contribution in [-0.2, 0) is 10.0 Å². The summed E-state index contributed by atoms with van der Waals surface area (Å²) in [5.41, 5.74) is 1.52. The molecule has 2 aromatic heterocycles. The van der Waals surface area contributed by atoms with Crippen LogP contribution in [0.2, 0.25) is 0 Å². The summed E-state index contributed by atoms with van der Waals surface area (Å²) in [6, 6.07) is 3.47. The number of sulfonamides is 1. The van der Waals surface area contributed by atoms with Crippen LogP contribution in [0.4, 0.5) is 0 Å². The zero-order valence-electron chi connectivity index (χ0n) is 13.0. The third-order valence-corrected chi connectivity index (χ3v) is 6.18. The molecule has 1 aliphatic heterocycles. The third-order valence-electron chi connectivity index (χ3n) is 4.01. The lowest BCUT2D eigenvalue weighted by Gasteiger charge is -2.33. The molecule has 0 unspecified atom stereocenters. The van der Waals surface area contributed by atoms with E-state index in [1.54, 1.807) is 37.1 Å². The van der Waals surface area contributed by atoms with E-state index in [4.69, 9.17) is 0 Å². The van der Waals surface area contributed by atoms with Crippen LogP contribution < -0.4 is 0 Å². The van der Waals surface area contributed by atoms with Crippen molar-refractivity contribution in [3.63, 3.8) is 0 Å². The number of aryl methyl sites for hydroxylation is 2. The zero-order valence-corrected chi connectivity index (χ0v) is 13.9. The highest BCUT2D eigenvalue weighted by molar-refractivity contribution is 7.89. The molecule has 0 saturated carbocycles. The Kier molecular flexibility index (Phi) is 3.99. The topological polar surface area (TPSA) is 102 Å². The van der Waals surface area contributed by atoms with Crippen LogP contribution >= 0.6 is 0 Å². The van der Waals surface area contributed by atoms with Crippen molar-refractivity contribution in [1.82, 2.24) is 24.4 Å². The standard InChI is InChI=1S/C14H19N5O3S/c1-10-13(11(2)17-16-10)23(21,22)19-8-6-18(7-9-19)14(20)12-4-3-5-15-12/h3-5,15H,6-9H2,1-2H3,(H,16,17). The van der Waals surface area contributed by atoms with Crippen LogP contribution in [0.3, 0.4) is 0 Å². The molecule has 2 aromatic rings. The molecule has 0 spiro atoms. The lowest BCUT2D eigenvalue weighted by Crippen LogP contribution is -2.50. The number of amides is 1. The number of aromatic amines is 2. The largest absolute Gasteiger partial charge is 0.357 e. The number of rotatable bonds is 3. The molecule has 1 saturated heterocycles. The second-order valence-electron chi connectivity index (χ2n) is 5.54. The maximum atomic E-state index is 12.8. The summed E-state index contributed by atoms with van der Waals surface area (Å²) in [4.78, 5) is 17.0. The van der Waals surface area contributed by atoms with Gasteiger partial charge >= 0.3 is 0 Å². The van der Waals surface area contributed by atoms with Crippen molar-refractivity contribution < 1.29 is 13.2 Å². The number of hydrogen-bond donors (Lipinski definition) is 2. The summed E-state index contributed by atoms with van der Waals surface area (Å²) in [5.74, 6) is -0.109. The summed E-state index contributed by atoms with van der Waals surface area (Å²) in [5, 5.41) is 6.66. The van der Waals surface area contributed by atoms with Gasteiger partial charge in [-0.15, -0.1) is 0 Å². The van der Waals surface area contributed by atoms with Crippen LogP contribution in [0.15, 0.2) is 23.2 Å². The van der Waals surface area contributed by atoms with Gasteiger partial charge in [0.1, 0.15) is 10.6 Å². The Morgan fingerprint density at radius 1 is 1.22 bits per heavy atom. The second-order valence-corrected chi connectivity index (χ2v) is 7.42. The third kappa shape index (κ3) is 2.77. The lowest BCUT2D eigenvalue weighted by molar-refractivity contribution is 0.0692. The van der Waals surface area contributed by atoms with Gasteiger partial charge in [0.05, 0.1) is 11.4 Å². The lowest BCUT2D eigenvalue weighted by atomic mass is 10.3. The number of nitrogens with zero attached hydrogens (tertiary/aromatic N) is 3. The Hall–Kier alpha value is -2.13. The van der Waals surface area contributed by atoms with Gasteiger partial charge < -0.3 is 9.88 Å². The molecule has 0 atom stereocenters. The first-order valence-electron chi connectivity index (χ1n) is 7.35. The van der Waals surface area contributed by atoms with Crippen molar-refractivity contribution in [2.24, 2.45) is 0 Å². The minimum Gasteiger partial charge on any atom is -0.357 e. The molecular formula is C14H19N5O3S. The van der Waals surface area contributed by atoms with Crippen molar-refractivity contribution >= 4 is 15.9 Å². The monoisotopic (exact) mass is 337 g/mol. The van der Waals surface area contributed by atoms with E-state index in [2.05, 4.69) is 15.2 Å². The minimum absolute atomic E-state index is 0.109. The molecule has 3 rings (SSSR count). The quantitative estimate of drug-likeness (QED) is 0.851. The van der Waals surface area contributed by atoms with Crippen molar-refractivity contribution in [1.29, 1.82) is 0 Å². The summed E-state index contributed by atoms with van der Waals surface area (Å²) >= 11 is 0. The van der Waals surface area contributed by atoms with Crippen LogP contribution in [-0.4, -0.2) is 64.9 Å². The molecule has 0 aliphatic carbocycles. The molecule has 9 heteroatoms. The Morgan fingerprint density at radius 2 is 1.91 bits per heavy atom. The zero-order chi connectivity index (χ0) is 16.6. The van der Waals surface area contributed by atoms with Gasteiger partial charge in [-0.05, 0) is 26.0 Å². The molecule has 124 valence electrons. The van der Waals surface area contributed by atoms with E-state index in [-0.39, 0.29) is 23.9 Å². The van der Waals surface area contributed by atoms with Gasteiger partial charge in [-0.25, -0.2) is 8.42 Å². The number of carbonyl (C=O) groups excluding carboxylic acids is 1. The highest BCUT2D eigenvalue weighted by atomic mass is 32.2. The number of carbonyl (C=O) groups is 1. The molecule has 0 radical (unpaired) electrons. The molecule has 8 nitrogen and oxygen atoms in total. The van der Waals surface area contributed by atoms with Crippen LogP contribution in [0, 0.1) is 13.8 Å². The number of hydrogen-bond acceptors (Lipinski definition) is 4. The summed E-state index contributed by atoms with van der Waals surface area (Å²) < 4.78 is 26.9. The summed E-state index contributed by atoms with van der Waals surface area (Å²) in [7, 11) is -3.59. The highest BCUT2D eigenvalue weighted by Crippen LogP contribution is 2.23. The fraction of sp³-hybridized carbons (Fsp3) is 0.429. The Bertz CT molecular complexity index is 782. The van der Waals surface area contributed by atoms with E-state index in [1.165, 1.54) is 4.31 Å². The normalized spacial score (nSPS) is 16.7. The molecule has 1 fully saturated rings. The maximum Gasteiger partial charge on any atom is 0.270 e. The second kappa shape index (κ2) is 5.82. The van der Waals surface area contributed by atoms with E-state index in [9.17, 15) is 13.2 Å². The van der Waals surface area contributed by atoms with E-state index in [0.717, 1.165) is 0 Å². The fourth-order valence-corrected chi connectivity index (χ4v) is 4.57. The smallest absolute Gasteiger partial charge is 0.270 e. The van der Waals surface area contributed by atoms with Gasteiger partial charge in [0.15, 0.2) is 0 Å². The van der Waals surface area contributed by atoms with Crippen molar-refractivity contribution in [3.05, 3.63) is 35.4 Å². The molecule has 2 N–H and O–H groups in total. The number of H-pyrrole nitrogens is 2. The first-order valence-corrected chi connectivity index (χ1v) is 8.79. The van der Waals surface area contributed by atoms with Crippen LogP contribution in [0.5, 0.6) is 0 Å². The van der Waals surface area contributed by atoms with Crippen LogP contribution in [0.25, 0.3) is 0 Å². The van der Waals surface area contributed by atoms with Gasteiger partial charge in [-0.2, -0.15) is 9.40 Å². The van der Waals surface area contributed by atoms with Crippen LogP contribution in [0.1, 0.15) is 21.9 Å². The molecule has 0 aromatic carbocycles. The van der Waals surface area contributed by atoms with E-state index >= 15 is 0 Å². The van der Waals surface area contributed by atoms with Crippen molar-refractivity contribution in [2.45, 2.75) is 18.7 Å². The Morgan fingerprint density at radius 3 is 2.43 bits per heavy atom. The van der Waals surface area contributed by atoms with Gasteiger partial charge in [0.25, 0.3) is 5.91 Å². The van der Waals surface area contributed by atoms with Gasteiger partial charge in [-0.1, -0.05) is 0 Å². The SMILES string of the molecule is Cc1n[nH]c(C)c1S(=O)(=O)N1CCN(C(=O)c2ccc[nH]2)CC1. The predicted octanol–water partition coefficient (Wildman–Crippen LogP) is 0.501. The Balaban J connectivity index is 1.73. The Labute approximate surface area is 134 Å². The van der Waals surface area contributed by atoms with Crippen molar-refractivity contribution in [2.75, 3.05) is 26.2 Å². The van der Waals surface area contributed by atoms with Gasteiger partial charge in [0.2, 0.25) is 10.0 Å². The average Bonchev–Trinajstić information content (AvgIpc) is 3.17. The summed E-state index contributed by atoms with van der Waals surface area (Å²) in [6.07, 6.45) is 1.69.